The predicted octanol–water partition coefficient (Wildman–Crippen LogP) is 3.76. The SMILES string of the molecule is C=C(OCC)c1c(Cl)c(Br)cc2cncn12. The number of nitrogens with zero attached hydrogens (tertiary/aromatic N) is 2. The highest BCUT2D eigenvalue weighted by Gasteiger charge is 2.14. The van der Waals surface area contributed by atoms with Crippen LogP contribution in [-0.2, 0) is 4.74 Å². The fourth-order valence-corrected chi connectivity index (χ4v) is 2.18. The molecule has 0 spiro atoms. The summed E-state index contributed by atoms with van der Waals surface area (Å²) in [6, 6.07) is 1.90. The number of imidazole rings is 1. The highest BCUT2D eigenvalue weighted by Crippen LogP contribution is 2.32. The van der Waals surface area contributed by atoms with Crippen LogP contribution in [0.1, 0.15) is 12.6 Å². The lowest BCUT2D eigenvalue weighted by molar-refractivity contribution is 0.297. The summed E-state index contributed by atoms with van der Waals surface area (Å²) in [6.07, 6.45) is 3.44. The average molecular weight is 302 g/mol. The number of fused-ring (bicyclic) bond motifs is 1. The van der Waals surface area contributed by atoms with Gasteiger partial charge in [0.15, 0.2) is 0 Å². The lowest BCUT2D eigenvalue weighted by Crippen LogP contribution is -1.99. The highest BCUT2D eigenvalue weighted by molar-refractivity contribution is 9.10. The van der Waals surface area contributed by atoms with Crippen molar-refractivity contribution in [2.45, 2.75) is 6.92 Å². The van der Waals surface area contributed by atoms with E-state index in [1.54, 1.807) is 12.5 Å². The number of halogens is 2. The minimum absolute atomic E-state index is 0.539. The predicted molar refractivity (Wildman–Crippen MR) is 68.6 cm³/mol. The monoisotopic (exact) mass is 300 g/mol. The van der Waals surface area contributed by atoms with Crippen LogP contribution < -0.4 is 0 Å². The van der Waals surface area contributed by atoms with Crippen LogP contribution in [0.3, 0.4) is 0 Å². The largest absolute Gasteiger partial charge is 0.492 e. The summed E-state index contributed by atoms with van der Waals surface area (Å²) in [5, 5.41) is 0.573. The molecule has 0 bridgehead atoms. The molecule has 0 aliphatic rings. The van der Waals surface area contributed by atoms with Gasteiger partial charge in [0.2, 0.25) is 0 Å². The number of pyridine rings is 1. The van der Waals surface area contributed by atoms with Crippen molar-refractivity contribution >= 4 is 38.8 Å². The normalized spacial score (nSPS) is 10.7. The summed E-state index contributed by atoms with van der Waals surface area (Å²) in [5.74, 6) is 0.539. The summed E-state index contributed by atoms with van der Waals surface area (Å²) >= 11 is 9.62. The van der Waals surface area contributed by atoms with E-state index in [2.05, 4.69) is 27.5 Å². The van der Waals surface area contributed by atoms with Gasteiger partial charge in [-0.05, 0) is 28.9 Å². The molecule has 84 valence electrons. The third-order valence-corrected chi connectivity index (χ3v) is 3.42. The standard InChI is InChI=1S/C11H10BrClN2O/c1-3-16-7(2)11-10(13)9(12)4-8-5-14-6-15(8)11/h4-6H,2-3H2,1H3. The van der Waals surface area contributed by atoms with Gasteiger partial charge in [-0.3, -0.25) is 4.40 Å². The molecule has 16 heavy (non-hydrogen) atoms. The molecule has 0 amide bonds. The zero-order valence-electron chi connectivity index (χ0n) is 8.70. The first-order valence-corrected chi connectivity index (χ1v) is 5.94. The van der Waals surface area contributed by atoms with Crippen LogP contribution in [-0.4, -0.2) is 16.0 Å². The molecule has 0 atom stereocenters. The van der Waals surface area contributed by atoms with Crippen molar-refractivity contribution in [1.82, 2.24) is 9.38 Å². The van der Waals surface area contributed by atoms with E-state index < -0.39 is 0 Å². The molecule has 0 saturated carbocycles. The van der Waals surface area contributed by atoms with Crippen LogP contribution in [0, 0.1) is 0 Å². The van der Waals surface area contributed by atoms with Crippen molar-refractivity contribution in [1.29, 1.82) is 0 Å². The fraction of sp³-hybridized carbons (Fsp3) is 0.182. The second-order valence-corrected chi connectivity index (χ2v) is 4.43. The molecule has 0 aliphatic carbocycles. The molecule has 0 aromatic carbocycles. The Labute approximate surface area is 107 Å². The number of ether oxygens (including phenoxy) is 1. The first-order valence-electron chi connectivity index (χ1n) is 4.77. The minimum atomic E-state index is 0.539. The van der Waals surface area contributed by atoms with Crippen LogP contribution in [0.5, 0.6) is 0 Å². The van der Waals surface area contributed by atoms with Gasteiger partial charge >= 0.3 is 0 Å². The van der Waals surface area contributed by atoms with E-state index in [0.29, 0.717) is 17.4 Å². The molecule has 5 heteroatoms. The molecular weight excluding hydrogens is 291 g/mol. The fourth-order valence-electron chi connectivity index (χ4n) is 1.51. The van der Waals surface area contributed by atoms with Crippen molar-refractivity contribution < 1.29 is 4.74 Å². The number of rotatable bonds is 3. The van der Waals surface area contributed by atoms with Gasteiger partial charge in [0, 0.05) is 4.47 Å². The Hall–Kier alpha value is -1.00. The van der Waals surface area contributed by atoms with Gasteiger partial charge in [0.05, 0.1) is 29.7 Å². The van der Waals surface area contributed by atoms with Crippen molar-refractivity contribution in [3.8, 4) is 0 Å². The van der Waals surface area contributed by atoms with Crippen LogP contribution in [0.2, 0.25) is 5.02 Å². The van der Waals surface area contributed by atoms with Crippen molar-refractivity contribution in [3.05, 3.63) is 40.4 Å². The maximum Gasteiger partial charge on any atom is 0.137 e. The van der Waals surface area contributed by atoms with Gasteiger partial charge in [0.25, 0.3) is 0 Å². The minimum Gasteiger partial charge on any atom is -0.492 e. The van der Waals surface area contributed by atoms with Crippen LogP contribution in [0.25, 0.3) is 11.3 Å². The van der Waals surface area contributed by atoms with Crippen molar-refractivity contribution in [2.24, 2.45) is 0 Å². The molecule has 0 unspecified atom stereocenters. The lowest BCUT2D eigenvalue weighted by atomic mass is 10.3. The zero-order valence-corrected chi connectivity index (χ0v) is 11.0. The van der Waals surface area contributed by atoms with E-state index in [9.17, 15) is 0 Å². The molecule has 0 aliphatic heterocycles. The molecule has 2 rings (SSSR count). The topological polar surface area (TPSA) is 26.5 Å². The smallest absolute Gasteiger partial charge is 0.137 e. The molecular formula is C11H10BrClN2O. The number of hydrogen-bond donors (Lipinski definition) is 0. The van der Waals surface area contributed by atoms with Gasteiger partial charge in [-0.2, -0.15) is 0 Å². The van der Waals surface area contributed by atoms with Crippen molar-refractivity contribution in [3.63, 3.8) is 0 Å². The van der Waals surface area contributed by atoms with E-state index in [1.807, 2.05) is 17.4 Å². The van der Waals surface area contributed by atoms with Gasteiger partial charge < -0.3 is 4.74 Å². The molecule has 3 nitrogen and oxygen atoms in total. The van der Waals surface area contributed by atoms with E-state index in [4.69, 9.17) is 16.3 Å². The zero-order chi connectivity index (χ0) is 11.7. The maximum atomic E-state index is 6.22. The summed E-state index contributed by atoms with van der Waals surface area (Å²) in [6.45, 7) is 6.33. The van der Waals surface area contributed by atoms with Crippen LogP contribution in [0.15, 0.2) is 29.6 Å². The summed E-state index contributed by atoms with van der Waals surface area (Å²) in [4.78, 5) is 4.07. The molecule has 2 heterocycles. The third kappa shape index (κ3) is 1.83. The quantitative estimate of drug-likeness (QED) is 0.807. The van der Waals surface area contributed by atoms with Crippen LogP contribution >= 0.6 is 27.5 Å². The van der Waals surface area contributed by atoms with Gasteiger partial charge in [-0.15, -0.1) is 0 Å². The van der Waals surface area contributed by atoms with E-state index in [1.165, 1.54) is 0 Å². The van der Waals surface area contributed by atoms with Crippen molar-refractivity contribution in [2.75, 3.05) is 6.61 Å². The third-order valence-electron chi connectivity index (χ3n) is 2.18. The van der Waals surface area contributed by atoms with Gasteiger partial charge in [-0.25, -0.2) is 4.98 Å². The second-order valence-electron chi connectivity index (χ2n) is 3.20. The average Bonchev–Trinajstić information content (AvgIpc) is 2.67. The molecule has 2 aromatic rings. The molecule has 0 fully saturated rings. The summed E-state index contributed by atoms with van der Waals surface area (Å²) in [7, 11) is 0. The summed E-state index contributed by atoms with van der Waals surface area (Å²) in [5.41, 5.74) is 1.66. The Morgan fingerprint density at radius 2 is 2.44 bits per heavy atom. The molecule has 0 N–H and O–H groups in total. The maximum absolute atomic E-state index is 6.22. The first-order chi connectivity index (χ1) is 7.65. The molecule has 0 saturated heterocycles. The Morgan fingerprint density at radius 1 is 1.69 bits per heavy atom. The Bertz CT molecular complexity index is 550. The Kier molecular flexibility index (Phi) is 3.21. The van der Waals surface area contributed by atoms with E-state index >= 15 is 0 Å². The summed E-state index contributed by atoms with van der Waals surface area (Å²) < 4.78 is 8.05. The van der Waals surface area contributed by atoms with Gasteiger partial charge in [0.1, 0.15) is 11.5 Å². The molecule has 0 radical (unpaired) electrons. The Morgan fingerprint density at radius 3 is 3.12 bits per heavy atom. The van der Waals surface area contributed by atoms with E-state index in [-0.39, 0.29) is 0 Å². The second kappa shape index (κ2) is 4.47. The van der Waals surface area contributed by atoms with E-state index in [0.717, 1.165) is 15.7 Å². The first kappa shape index (κ1) is 11.5. The molecule has 2 aromatic heterocycles. The van der Waals surface area contributed by atoms with Gasteiger partial charge in [-0.1, -0.05) is 18.2 Å². The lowest BCUT2D eigenvalue weighted by Gasteiger charge is -2.12. The Balaban J connectivity index is 2.69. The number of aromatic nitrogens is 2. The highest BCUT2D eigenvalue weighted by atomic mass is 79.9. The number of hydrogen-bond acceptors (Lipinski definition) is 2. The van der Waals surface area contributed by atoms with Crippen LogP contribution in [0.4, 0.5) is 0 Å².